The summed E-state index contributed by atoms with van der Waals surface area (Å²) in [7, 11) is -2.42. The first-order valence-corrected chi connectivity index (χ1v) is 11.6. The molecule has 0 spiro atoms. The van der Waals surface area contributed by atoms with Gasteiger partial charge in [-0.15, -0.1) is 0 Å². The van der Waals surface area contributed by atoms with E-state index in [1.54, 1.807) is 12.1 Å². The molecule has 0 aromatic heterocycles. The Morgan fingerprint density at radius 1 is 0.909 bits per heavy atom. The number of hydrogen-bond acceptors (Lipinski definition) is 6. The standard InChI is InChI=1S/C24H24N2O6S/c1-26-23(27)21-15-20(11-12-22(21)32-16-18-5-3-2-4-6-18)33(29,30)19-9-7-17(8-10-19)13-14-31-24(25)28/h2-12,15H,13-14,16H2,1H3,(H2,25,28)(H,26,27). The van der Waals surface area contributed by atoms with E-state index in [1.807, 2.05) is 30.3 Å². The molecule has 0 radical (unpaired) electrons. The van der Waals surface area contributed by atoms with Crippen LogP contribution in [0.15, 0.2) is 82.6 Å². The molecule has 9 heteroatoms. The van der Waals surface area contributed by atoms with Crippen LogP contribution in [-0.4, -0.2) is 34.1 Å². The molecule has 2 amide bonds. The Kier molecular flexibility index (Phi) is 7.68. The van der Waals surface area contributed by atoms with E-state index in [4.69, 9.17) is 10.5 Å². The van der Waals surface area contributed by atoms with E-state index in [9.17, 15) is 18.0 Å². The predicted molar refractivity (Wildman–Crippen MR) is 122 cm³/mol. The highest BCUT2D eigenvalue weighted by molar-refractivity contribution is 7.91. The van der Waals surface area contributed by atoms with Crippen LogP contribution in [0.2, 0.25) is 0 Å². The van der Waals surface area contributed by atoms with Gasteiger partial charge in [-0.25, -0.2) is 13.2 Å². The van der Waals surface area contributed by atoms with Crippen LogP contribution in [0.25, 0.3) is 0 Å². The van der Waals surface area contributed by atoms with Gasteiger partial charge in [0.2, 0.25) is 9.84 Å². The highest BCUT2D eigenvalue weighted by atomic mass is 32.2. The summed E-state index contributed by atoms with van der Waals surface area (Å²) in [5.74, 6) is -0.179. The Morgan fingerprint density at radius 3 is 2.21 bits per heavy atom. The number of primary amides is 1. The molecule has 0 aliphatic heterocycles. The average Bonchev–Trinajstić information content (AvgIpc) is 2.83. The Bertz CT molecular complexity index is 1230. The van der Waals surface area contributed by atoms with E-state index < -0.39 is 21.8 Å². The molecule has 0 saturated heterocycles. The molecule has 3 aromatic carbocycles. The van der Waals surface area contributed by atoms with Gasteiger partial charge in [0.15, 0.2) is 0 Å². The van der Waals surface area contributed by atoms with Gasteiger partial charge in [-0.1, -0.05) is 42.5 Å². The van der Waals surface area contributed by atoms with Crippen LogP contribution >= 0.6 is 0 Å². The average molecular weight is 469 g/mol. The molecular formula is C24H24N2O6S. The van der Waals surface area contributed by atoms with Crippen molar-refractivity contribution in [1.82, 2.24) is 5.32 Å². The molecule has 0 aliphatic rings. The smallest absolute Gasteiger partial charge is 0.404 e. The lowest BCUT2D eigenvalue weighted by molar-refractivity contribution is 0.0958. The lowest BCUT2D eigenvalue weighted by Crippen LogP contribution is -2.19. The first-order valence-electron chi connectivity index (χ1n) is 10.1. The SMILES string of the molecule is CNC(=O)c1cc(S(=O)(=O)c2ccc(CCOC(N)=O)cc2)ccc1OCc1ccccc1. The van der Waals surface area contributed by atoms with E-state index in [1.165, 1.54) is 37.4 Å². The quantitative estimate of drug-likeness (QED) is 0.497. The van der Waals surface area contributed by atoms with Crippen LogP contribution in [0.1, 0.15) is 21.5 Å². The summed E-state index contributed by atoms with van der Waals surface area (Å²) in [6.45, 7) is 0.333. The summed E-state index contributed by atoms with van der Waals surface area (Å²) in [4.78, 5) is 23.1. The second-order valence-corrected chi connectivity index (χ2v) is 9.03. The van der Waals surface area contributed by atoms with Crippen LogP contribution in [0.3, 0.4) is 0 Å². The Morgan fingerprint density at radius 2 is 1.58 bits per heavy atom. The van der Waals surface area contributed by atoms with Crippen molar-refractivity contribution in [2.75, 3.05) is 13.7 Å². The maximum Gasteiger partial charge on any atom is 0.404 e. The molecular weight excluding hydrogens is 444 g/mol. The van der Waals surface area contributed by atoms with E-state index in [0.717, 1.165) is 11.1 Å². The largest absolute Gasteiger partial charge is 0.488 e. The summed E-state index contributed by atoms with van der Waals surface area (Å²) >= 11 is 0. The highest BCUT2D eigenvalue weighted by Crippen LogP contribution is 2.28. The van der Waals surface area contributed by atoms with Crippen LogP contribution in [0.5, 0.6) is 5.75 Å². The number of rotatable bonds is 9. The Hall–Kier alpha value is -3.85. The molecule has 3 rings (SSSR count). The predicted octanol–water partition coefficient (Wildman–Crippen LogP) is 3.10. The fourth-order valence-corrected chi connectivity index (χ4v) is 4.38. The minimum Gasteiger partial charge on any atom is -0.488 e. The third-order valence-electron chi connectivity index (χ3n) is 4.84. The van der Waals surface area contributed by atoms with Gasteiger partial charge in [0.05, 0.1) is 22.0 Å². The molecule has 0 aliphatic carbocycles. The van der Waals surface area contributed by atoms with E-state index in [0.29, 0.717) is 6.42 Å². The third-order valence-corrected chi connectivity index (χ3v) is 6.61. The lowest BCUT2D eigenvalue weighted by Gasteiger charge is -2.13. The third kappa shape index (κ3) is 6.11. The second kappa shape index (κ2) is 10.6. The Balaban J connectivity index is 1.83. The summed E-state index contributed by atoms with van der Waals surface area (Å²) < 4.78 is 36.8. The molecule has 33 heavy (non-hydrogen) atoms. The normalized spacial score (nSPS) is 10.9. The molecule has 8 nitrogen and oxygen atoms in total. The monoisotopic (exact) mass is 468 g/mol. The van der Waals surface area contributed by atoms with Crippen molar-refractivity contribution in [3.05, 3.63) is 89.5 Å². The first kappa shape index (κ1) is 23.8. The maximum absolute atomic E-state index is 13.1. The zero-order valence-electron chi connectivity index (χ0n) is 18.0. The number of hydrogen-bond donors (Lipinski definition) is 2. The number of sulfone groups is 1. The number of carbonyl (C=O) groups excluding carboxylic acids is 2. The first-order chi connectivity index (χ1) is 15.8. The number of nitrogens with one attached hydrogen (secondary N) is 1. The topological polar surface area (TPSA) is 125 Å². The molecule has 0 bridgehead atoms. The van der Waals surface area contributed by atoms with Crippen molar-refractivity contribution in [3.63, 3.8) is 0 Å². The Labute approximate surface area is 192 Å². The number of ether oxygens (including phenoxy) is 2. The van der Waals surface area contributed by atoms with Gasteiger partial charge in [-0.3, -0.25) is 4.79 Å². The molecule has 0 heterocycles. The van der Waals surface area contributed by atoms with Gasteiger partial charge < -0.3 is 20.5 Å². The second-order valence-electron chi connectivity index (χ2n) is 7.08. The lowest BCUT2D eigenvalue weighted by atomic mass is 10.2. The summed E-state index contributed by atoms with van der Waals surface area (Å²) in [6.07, 6.45) is -0.463. The number of nitrogens with two attached hydrogens (primary N) is 1. The van der Waals surface area contributed by atoms with Crippen molar-refractivity contribution < 1.29 is 27.5 Å². The van der Waals surface area contributed by atoms with Crippen molar-refractivity contribution in [2.45, 2.75) is 22.8 Å². The van der Waals surface area contributed by atoms with Crippen LogP contribution in [0, 0.1) is 0 Å². The van der Waals surface area contributed by atoms with Gasteiger partial charge in [0.1, 0.15) is 12.4 Å². The molecule has 0 saturated carbocycles. The molecule has 0 atom stereocenters. The van der Waals surface area contributed by atoms with E-state index in [2.05, 4.69) is 10.1 Å². The molecule has 3 N–H and O–H groups in total. The maximum atomic E-state index is 13.1. The molecule has 0 unspecified atom stereocenters. The van der Waals surface area contributed by atoms with Crippen LogP contribution < -0.4 is 15.8 Å². The van der Waals surface area contributed by atoms with Crippen LogP contribution in [-0.2, 0) is 27.6 Å². The van der Waals surface area contributed by atoms with Gasteiger partial charge in [-0.2, -0.15) is 0 Å². The van der Waals surface area contributed by atoms with Crippen molar-refractivity contribution in [3.8, 4) is 5.75 Å². The molecule has 172 valence electrons. The highest BCUT2D eigenvalue weighted by Gasteiger charge is 2.22. The van der Waals surface area contributed by atoms with Gasteiger partial charge in [0, 0.05) is 13.5 Å². The van der Waals surface area contributed by atoms with Gasteiger partial charge in [0.25, 0.3) is 5.91 Å². The number of benzene rings is 3. The summed E-state index contributed by atoms with van der Waals surface area (Å²) in [5.41, 5.74) is 6.75. The molecule has 3 aromatic rings. The summed E-state index contributed by atoms with van der Waals surface area (Å²) in [5, 5.41) is 2.51. The zero-order valence-corrected chi connectivity index (χ0v) is 18.8. The van der Waals surface area contributed by atoms with Gasteiger partial charge in [-0.05, 0) is 41.5 Å². The van der Waals surface area contributed by atoms with Crippen molar-refractivity contribution in [2.24, 2.45) is 5.73 Å². The van der Waals surface area contributed by atoms with Crippen molar-refractivity contribution >= 4 is 21.8 Å². The summed E-state index contributed by atoms with van der Waals surface area (Å²) in [6, 6.07) is 19.8. The van der Waals surface area contributed by atoms with Gasteiger partial charge >= 0.3 is 6.09 Å². The van der Waals surface area contributed by atoms with E-state index in [-0.39, 0.29) is 34.3 Å². The number of amides is 2. The number of carbonyl (C=O) groups is 2. The minimum atomic E-state index is -3.88. The van der Waals surface area contributed by atoms with Crippen LogP contribution in [0.4, 0.5) is 4.79 Å². The van der Waals surface area contributed by atoms with Crippen molar-refractivity contribution in [1.29, 1.82) is 0 Å². The zero-order chi connectivity index (χ0) is 23.8. The minimum absolute atomic E-state index is 0.0297. The van der Waals surface area contributed by atoms with E-state index >= 15 is 0 Å². The fourth-order valence-electron chi connectivity index (χ4n) is 3.09. The fraction of sp³-hybridized carbons (Fsp3) is 0.167. The molecule has 0 fully saturated rings.